The predicted molar refractivity (Wildman–Crippen MR) is 74.8 cm³/mol. The molecule has 106 valence electrons. The number of benzene rings is 1. The fourth-order valence-electron chi connectivity index (χ4n) is 1.64. The summed E-state index contributed by atoms with van der Waals surface area (Å²) >= 11 is 0. The zero-order valence-corrected chi connectivity index (χ0v) is 11.5. The van der Waals surface area contributed by atoms with Gasteiger partial charge in [0.05, 0.1) is 12.0 Å². The second-order valence-electron chi connectivity index (χ2n) is 4.76. The molecule has 1 aromatic carbocycles. The van der Waals surface area contributed by atoms with E-state index in [4.69, 9.17) is 10.3 Å². The third-order valence-electron chi connectivity index (χ3n) is 2.89. The molecule has 6 heteroatoms. The van der Waals surface area contributed by atoms with Gasteiger partial charge >= 0.3 is 0 Å². The maximum atomic E-state index is 11.4. The number of aromatic nitrogens is 2. The summed E-state index contributed by atoms with van der Waals surface area (Å²) in [4.78, 5) is 15.7. The number of hydrogen-bond donors (Lipinski definition) is 2. The van der Waals surface area contributed by atoms with E-state index in [1.54, 1.807) is 6.92 Å². The van der Waals surface area contributed by atoms with Crippen molar-refractivity contribution in [3.8, 4) is 11.4 Å². The smallest absolute Gasteiger partial charge is 0.236 e. The molecule has 20 heavy (non-hydrogen) atoms. The van der Waals surface area contributed by atoms with Gasteiger partial charge in [-0.3, -0.25) is 4.79 Å². The number of amides is 1. The van der Waals surface area contributed by atoms with Crippen LogP contribution in [0.25, 0.3) is 11.4 Å². The summed E-state index contributed by atoms with van der Waals surface area (Å²) in [7, 11) is 0. The molecule has 2 aromatic rings. The molecule has 0 saturated heterocycles. The largest absolute Gasteiger partial charge is 0.354 e. The Kier molecular flexibility index (Phi) is 4.47. The van der Waals surface area contributed by atoms with Crippen molar-refractivity contribution >= 4 is 5.91 Å². The normalized spacial score (nSPS) is 13.8. The Balaban J connectivity index is 2.00. The maximum Gasteiger partial charge on any atom is 0.236 e. The molecule has 3 N–H and O–H groups in total. The van der Waals surface area contributed by atoms with Gasteiger partial charge in [0.1, 0.15) is 0 Å². The van der Waals surface area contributed by atoms with Gasteiger partial charge in [-0.1, -0.05) is 42.4 Å². The number of nitrogens with two attached hydrogens (primary N) is 1. The molecule has 2 rings (SSSR count). The van der Waals surface area contributed by atoms with Gasteiger partial charge in [0.2, 0.25) is 17.6 Å². The highest BCUT2D eigenvalue weighted by molar-refractivity contribution is 5.80. The van der Waals surface area contributed by atoms with Crippen LogP contribution in [0, 0.1) is 0 Å². The Hall–Kier alpha value is -2.21. The molecule has 0 aliphatic carbocycles. The summed E-state index contributed by atoms with van der Waals surface area (Å²) in [5, 5.41) is 6.68. The van der Waals surface area contributed by atoms with Crippen LogP contribution in [0.2, 0.25) is 0 Å². The Labute approximate surface area is 117 Å². The van der Waals surface area contributed by atoms with Gasteiger partial charge in [-0.15, -0.1) is 0 Å². The minimum atomic E-state index is -0.523. The molecular weight excluding hydrogens is 256 g/mol. The van der Waals surface area contributed by atoms with Crippen molar-refractivity contribution < 1.29 is 9.32 Å². The van der Waals surface area contributed by atoms with E-state index in [1.807, 2.05) is 37.3 Å². The molecule has 0 bridgehead atoms. The maximum absolute atomic E-state index is 11.4. The number of nitrogens with zero attached hydrogens (tertiary/aromatic N) is 2. The van der Waals surface area contributed by atoms with Crippen LogP contribution in [0.4, 0.5) is 0 Å². The summed E-state index contributed by atoms with van der Waals surface area (Å²) in [5.74, 6) is 0.780. The number of hydrogen-bond acceptors (Lipinski definition) is 5. The minimum Gasteiger partial charge on any atom is -0.354 e. The van der Waals surface area contributed by atoms with Crippen molar-refractivity contribution in [1.82, 2.24) is 15.5 Å². The summed E-state index contributed by atoms with van der Waals surface area (Å²) in [5.41, 5.74) is 6.38. The molecule has 1 amide bonds. The van der Waals surface area contributed by atoms with E-state index in [0.717, 1.165) is 5.56 Å². The van der Waals surface area contributed by atoms with Gasteiger partial charge in [-0.2, -0.15) is 4.98 Å². The molecule has 0 radical (unpaired) electrons. The lowest BCUT2D eigenvalue weighted by molar-refractivity contribution is -0.122. The monoisotopic (exact) mass is 274 g/mol. The molecule has 0 fully saturated rings. The predicted octanol–water partition coefficient (Wildman–Crippen LogP) is 1.30. The topological polar surface area (TPSA) is 94.0 Å². The van der Waals surface area contributed by atoms with Crippen molar-refractivity contribution in [3.63, 3.8) is 0 Å². The van der Waals surface area contributed by atoms with Crippen LogP contribution in [0.15, 0.2) is 34.9 Å². The fourth-order valence-corrected chi connectivity index (χ4v) is 1.64. The second-order valence-corrected chi connectivity index (χ2v) is 4.76. The molecule has 0 aliphatic heterocycles. The van der Waals surface area contributed by atoms with Gasteiger partial charge in [-0.05, 0) is 6.92 Å². The fraction of sp³-hybridized carbons (Fsp3) is 0.357. The van der Waals surface area contributed by atoms with Gasteiger partial charge in [-0.25, -0.2) is 0 Å². The Bertz CT molecular complexity index is 566. The average molecular weight is 274 g/mol. The number of rotatable bonds is 5. The Morgan fingerprint density at radius 1 is 1.35 bits per heavy atom. The van der Waals surface area contributed by atoms with Crippen molar-refractivity contribution in [2.45, 2.75) is 25.8 Å². The first-order valence-electron chi connectivity index (χ1n) is 6.50. The molecule has 0 aliphatic rings. The van der Waals surface area contributed by atoms with Crippen LogP contribution < -0.4 is 11.1 Å². The van der Waals surface area contributed by atoms with E-state index in [9.17, 15) is 4.79 Å². The number of nitrogens with one attached hydrogen (secondary N) is 1. The highest BCUT2D eigenvalue weighted by Gasteiger charge is 2.16. The lowest BCUT2D eigenvalue weighted by atomic mass is 10.1. The Morgan fingerprint density at radius 3 is 2.70 bits per heavy atom. The first-order chi connectivity index (χ1) is 9.58. The van der Waals surface area contributed by atoms with E-state index >= 15 is 0 Å². The number of carbonyl (C=O) groups excluding carboxylic acids is 1. The molecule has 0 spiro atoms. The molecule has 1 unspecified atom stereocenters. The Morgan fingerprint density at radius 2 is 2.05 bits per heavy atom. The van der Waals surface area contributed by atoms with Crippen LogP contribution in [0.1, 0.15) is 25.7 Å². The first kappa shape index (κ1) is 14.2. The van der Waals surface area contributed by atoms with Gasteiger partial charge < -0.3 is 15.6 Å². The quantitative estimate of drug-likeness (QED) is 0.857. The van der Waals surface area contributed by atoms with Gasteiger partial charge in [0, 0.05) is 12.1 Å². The lowest BCUT2D eigenvalue weighted by Gasteiger charge is -2.10. The summed E-state index contributed by atoms with van der Waals surface area (Å²) in [6.07, 6.45) is 0. The molecule has 6 nitrogen and oxygen atoms in total. The summed E-state index contributed by atoms with van der Waals surface area (Å²) < 4.78 is 5.23. The van der Waals surface area contributed by atoms with Crippen LogP contribution >= 0.6 is 0 Å². The molecule has 1 heterocycles. The minimum absolute atomic E-state index is 0.0670. The highest BCUT2D eigenvalue weighted by atomic mass is 16.5. The van der Waals surface area contributed by atoms with E-state index in [2.05, 4.69) is 15.5 Å². The zero-order valence-electron chi connectivity index (χ0n) is 11.5. The molecule has 1 aromatic heterocycles. The highest BCUT2D eigenvalue weighted by Crippen LogP contribution is 2.18. The van der Waals surface area contributed by atoms with E-state index in [1.165, 1.54) is 0 Å². The average Bonchev–Trinajstić information content (AvgIpc) is 2.95. The van der Waals surface area contributed by atoms with Crippen molar-refractivity contribution in [1.29, 1.82) is 0 Å². The van der Waals surface area contributed by atoms with Crippen LogP contribution in [-0.2, 0) is 4.79 Å². The van der Waals surface area contributed by atoms with Crippen molar-refractivity contribution in [3.05, 3.63) is 36.2 Å². The molecule has 2 atom stereocenters. The zero-order chi connectivity index (χ0) is 14.5. The molecule has 0 saturated carbocycles. The third kappa shape index (κ3) is 3.42. The van der Waals surface area contributed by atoms with E-state index < -0.39 is 6.04 Å². The van der Waals surface area contributed by atoms with Crippen LogP contribution in [-0.4, -0.2) is 28.6 Å². The van der Waals surface area contributed by atoms with Crippen molar-refractivity contribution in [2.75, 3.05) is 6.54 Å². The third-order valence-corrected chi connectivity index (χ3v) is 2.89. The van der Waals surface area contributed by atoms with E-state index in [-0.39, 0.29) is 11.8 Å². The van der Waals surface area contributed by atoms with Crippen LogP contribution in [0.3, 0.4) is 0 Å². The molecular formula is C14H18N4O2. The first-order valence-corrected chi connectivity index (χ1v) is 6.50. The van der Waals surface area contributed by atoms with Crippen molar-refractivity contribution in [2.24, 2.45) is 5.73 Å². The summed E-state index contributed by atoms with van der Waals surface area (Å²) in [6, 6.07) is 9.06. The number of carbonyl (C=O) groups is 1. The SMILES string of the molecule is CC(CNC(=O)[C@@H](C)N)c1nc(-c2ccccc2)no1. The summed E-state index contributed by atoms with van der Waals surface area (Å²) in [6.45, 7) is 3.96. The van der Waals surface area contributed by atoms with E-state index in [0.29, 0.717) is 18.3 Å². The standard InChI is InChI=1S/C14H18N4O2/c1-9(8-16-13(19)10(2)15)14-17-12(18-20-14)11-6-4-3-5-7-11/h3-7,9-10H,8,15H2,1-2H3,(H,16,19)/t9?,10-/m1/s1. The second kappa shape index (κ2) is 6.29. The van der Waals surface area contributed by atoms with Gasteiger partial charge in [0.25, 0.3) is 0 Å². The lowest BCUT2D eigenvalue weighted by Crippen LogP contribution is -2.39. The van der Waals surface area contributed by atoms with Gasteiger partial charge in [0.15, 0.2) is 0 Å². The van der Waals surface area contributed by atoms with Crippen LogP contribution in [0.5, 0.6) is 0 Å².